The van der Waals surface area contributed by atoms with Crippen LogP contribution < -0.4 is 0 Å². The van der Waals surface area contributed by atoms with Crippen molar-refractivity contribution in [2.75, 3.05) is 0 Å². The van der Waals surface area contributed by atoms with Crippen LogP contribution in [-0.2, 0) is 0 Å². The summed E-state index contributed by atoms with van der Waals surface area (Å²) in [6, 6.07) is 33.5. The molecule has 0 fully saturated rings. The summed E-state index contributed by atoms with van der Waals surface area (Å²) >= 11 is 0. The van der Waals surface area contributed by atoms with Gasteiger partial charge in [-0.15, -0.1) is 0 Å². The maximum absolute atomic E-state index is 9.34. The number of nitriles is 2. The second-order valence-electron chi connectivity index (χ2n) is 10.0. The van der Waals surface area contributed by atoms with Crippen LogP contribution in [0.3, 0.4) is 0 Å². The van der Waals surface area contributed by atoms with Gasteiger partial charge in [-0.05, 0) is 48.4 Å². The quantitative estimate of drug-likeness (QED) is 0.231. The first kappa shape index (κ1) is 24.8. The standard InChI is InChI=1S/C35H21N7/c1-22-5-4-6-25(13-22)26-9-11-29-28-7-2-3-8-31(28)42(33(29)15-26)32-12-10-27(34-38-18-23(16-36)19-39-34)14-30(32)35-40-20-24(17-37)21-41-35/h2-15,18-21H,1H3. The van der Waals surface area contributed by atoms with Gasteiger partial charge in [-0.25, -0.2) is 19.9 Å². The van der Waals surface area contributed by atoms with Gasteiger partial charge in [-0.3, -0.25) is 0 Å². The minimum absolute atomic E-state index is 0.381. The third kappa shape index (κ3) is 4.23. The van der Waals surface area contributed by atoms with Crippen LogP contribution in [0.15, 0.2) is 110 Å². The zero-order chi connectivity index (χ0) is 28.6. The van der Waals surface area contributed by atoms with Crippen LogP contribution in [0.2, 0.25) is 0 Å². The summed E-state index contributed by atoms with van der Waals surface area (Å²) < 4.78 is 2.24. The van der Waals surface area contributed by atoms with Crippen LogP contribution in [0.5, 0.6) is 0 Å². The first-order chi connectivity index (χ1) is 20.6. The van der Waals surface area contributed by atoms with E-state index in [1.165, 1.54) is 30.4 Å². The molecule has 7 heteroatoms. The highest BCUT2D eigenvalue weighted by molar-refractivity contribution is 6.10. The van der Waals surface area contributed by atoms with Crippen molar-refractivity contribution in [2.45, 2.75) is 6.92 Å². The molecule has 0 atom stereocenters. The lowest BCUT2D eigenvalue weighted by Gasteiger charge is -2.15. The fraction of sp³-hybridized carbons (Fsp3) is 0.0286. The van der Waals surface area contributed by atoms with Gasteiger partial charge in [0.15, 0.2) is 11.6 Å². The Kier molecular flexibility index (Phi) is 5.97. The molecule has 0 aliphatic rings. The highest BCUT2D eigenvalue weighted by atomic mass is 15.0. The molecule has 0 saturated carbocycles. The molecule has 0 amide bonds. The van der Waals surface area contributed by atoms with Crippen LogP contribution >= 0.6 is 0 Å². The van der Waals surface area contributed by atoms with E-state index in [0.717, 1.165) is 49.7 Å². The lowest BCUT2D eigenvalue weighted by molar-refractivity contribution is 1.12. The van der Waals surface area contributed by atoms with Gasteiger partial charge in [-0.1, -0.05) is 60.2 Å². The van der Waals surface area contributed by atoms with Crippen molar-refractivity contribution in [3.63, 3.8) is 0 Å². The molecule has 7 nitrogen and oxygen atoms in total. The first-order valence-corrected chi connectivity index (χ1v) is 13.3. The molecule has 0 saturated heterocycles. The first-order valence-electron chi connectivity index (χ1n) is 13.3. The number of rotatable bonds is 4. The third-order valence-electron chi connectivity index (χ3n) is 7.32. The van der Waals surface area contributed by atoms with E-state index in [1.807, 2.05) is 24.3 Å². The molecule has 196 valence electrons. The molecule has 7 rings (SSSR count). The van der Waals surface area contributed by atoms with E-state index in [0.29, 0.717) is 22.8 Å². The van der Waals surface area contributed by atoms with Crippen molar-refractivity contribution in [3.8, 4) is 51.7 Å². The Hall–Kier alpha value is -6.18. The van der Waals surface area contributed by atoms with Crippen molar-refractivity contribution < 1.29 is 0 Å². The number of benzene rings is 4. The summed E-state index contributed by atoms with van der Waals surface area (Å²) in [7, 11) is 0. The molecule has 0 radical (unpaired) electrons. The Morgan fingerprint density at radius 2 is 1.21 bits per heavy atom. The molecule has 0 aliphatic heterocycles. The third-order valence-corrected chi connectivity index (χ3v) is 7.32. The number of nitrogens with zero attached hydrogens (tertiary/aromatic N) is 7. The molecule has 3 aromatic heterocycles. The summed E-state index contributed by atoms with van der Waals surface area (Å²) in [6.07, 6.45) is 6.07. The minimum Gasteiger partial charge on any atom is -0.308 e. The van der Waals surface area contributed by atoms with E-state index in [4.69, 9.17) is 0 Å². The molecule has 0 aliphatic carbocycles. The van der Waals surface area contributed by atoms with Gasteiger partial charge in [-0.2, -0.15) is 10.5 Å². The topological polar surface area (TPSA) is 104 Å². The monoisotopic (exact) mass is 539 g/mol. The van der Waals surface area contributed by atoms with Gasteiger partial charge in [0.05, 0.1) is 27.8 Å². The van der Waals surface area contributed by atoms with E-state index in [2.05, 4.69) is 104 Å². The van der Waals surface area contributed by atoms with Gasteiger partial charge in [0.1, 0.15) is 12.1 Å². The van der Waals surface area contributed by atoms with E-state index >= 15 is 0 Å². The van der Waals surface area contributed by atoms with Crippen LogP contribution in [0.25, 0.3) is 61.4 Å². The van der Waals surface area contributed by atoms with Crippen LogP contribution in [0.1, 0.15) is 16.7 Å². The smallest absolute Gasteiger partial charge is 0.161 e. The molecule has 4 aromatic carbocycles. The number of hydrogen-bond acceptors (Lipinski definition) is 6. The minimum atomic E-state index is 0.381. The maximum Gasteiger partial charge on any atom is 0.161 e. The number of fused-ring (bicyclic) bond motifs is 3. The van der Waals surface area contributed by atoms with Crippen molar-refractivity contribution in [1.82, 2.24) is 24.5 Å². The Morgan fingerprint density at radius 3 is 1.93 bits per heavy atom. The molecule has 3 heterocycles. The zero-order valence-corrected chi connectivity index (χ0v) is 22.5. The molecular weight excluding hydrogens is 518 g/mol. The average molecular weight is 540 g/mol. The molecule has 0 bridgehead atoms. The second-order valence-corrected chi connectivity index (χ2v) is 10.0. The fourth-order valence-corrected chi connectivity index (χ4v) is 5.34. The molecule has 7 aromatic rings. The van der Waals surface area contributed by atoms with Crippen LogP contribution in [-0.4, -0.2) is 24.5 Å². The number of aromatic nitrogens is 5. The fourth-order valence-electron chi connectivity index (χ4n) is 5.34. The molecule has 42 heavy (non-hydrogen) atoms. The predicted octanol–water partition coefficient (Wildman–Crippen LogP) is 7.42. The Labute approximate surface area is 241 Å². The summed E-state index contributed by atoms with van der Waals surface area (Å²) in [5.41, 5.74) is 8.73. The van der Waals surface area contributed by atoms with Gasteiger partial charge in [0.2, 0.25) is 0 Å². The predicted molar refractivity (Wildman–Crippen MR) is 162 cm³/mol. The normalized spacial score (nSPS) is 10.9. The highest BCUT2D eigenvalue weighted by Crippen LogP contribution is 2.38. The molecule has 0 N–H and O–H groups in total. The van der Waals surface area contributed by atoms with Crippen molar-refractivity contribution >= 4 is 21.8 Å². The van der Waals surface area contributed by atoms with Crippen molar-refractivity contribution in [3.05, 3.63) is 126 Å². The Bertz CT molecular complexity index is 2220. The largest absolute Gasteiger partial charge is 0.308 e. The maximum atomic E-state index is 9.34. The van der Waals surface area contributed by atoms with Crippen molar-refractivity contribution in [1.29, 1.82) is 10.5 Å². The Balaban J connectivity index is 1.51. The molecular formula is C35H21N7. The summed E-state index contributed by atoms with van der Waals surface area (Å²) in [6.45, 7) is 2.10. The zero-order valence-electron chi connectivity index (χ0n) is 22.5. The van der Waals surface area contributed by atoms with Crippen LogP contribution in [0.4, 0.5) is 0 Å². The number of aryl methyl sites for hydroxylation is 1. The molecule has 0 spiro atoms. The van der Waals surface area contributed by atoms with E-state index in [9.17, 15) is 10.5 Å². The summed E-state index contributed by atoms with van der Waals surface area (Å²) in [4.78, 5) is 17.9. The average Bonchev–Trinajstić information content (AvgIpc) is 3.38. The van der Waals surface area contributed by atoms with E-state index in [1.54, 1.807) is 0 Å². The number of para-hydroxylation sites is 1. The molecule has 0 unspecified atom stereocenters. The van der Waals surface area contributed by atoms with E-state index < -0.39 is 0 Å². The van der Waals surface area contributed by atoms with Crippen LogP contribution in [0, 0.1) is 29.6 Å². The lowest BCUT2D eigenvalue weighted by Crippen LogP contribution is -2.01. The van der Waals surface area contributed by atoms with Crippen molar-refractivity contribution in [2.24, 2.45) is 0 Å². The Morgan fingerprint density at radius 1 is 0.571 bits per heavy atom. The highest BCUT2D eigenvalue weighted by Gasteiger charge is 2.19. The lowest BCUT2D eigenvalue weighted by atomic mass is 10.0. The second kappa shape index (κ2) is 10.1. The summed E-state index contributed by atoms with van der Waals surface area (Å²) in [5.74, 6) is 0.958. The van der Waals surface area contributed by atoms with Gasteiger partial charge in [0, 0.05) is 46.7 Å². The van der Waals surface area contributed by atoms with E-state index in [-0.39, 0.29) is 0 Å². The van der Waals surface area contributed by atoms with Gasteiger partial charge < -0.3 is 4.57 Å². The summed E-state index contributed by atoms with van der Waals surface area (Å²) in [5, 5.41) is 20.8. The number of hydrogen-bond donors (Lipinski definition) is 0. The van der Waals surface area contributed by atoms with Gasteiger partial charge >= 0.3 is 0 Å². The SMILES string of the molecule is Cc1cccc(-c2ccc3c4ccccc4n(-c4ccc(-c5ncc(C#N)cn5)cc4-c4ncc(C#N)cn4)c3c2)c1. The van der Waals surface area contributed by atoms with Gasteiger partial charge in [0.25, 0.3) is 0 Å².